The summed E-state index contributed by atoms with van der Waals surface area (Å²) in [6.07, 6.45) is 1.10. The maximum Gasteiger partial charge on any atom is 0.269 e. The van der Waals surface area contributed by atoms with Gasteiger partial charge in [-0.2, -0.15) is 0 Å². The molecule has 2 aromatic rings. The van der Waals surface area contributed by atoms with E-state index in [0.29, 0.717) is 24.2 Å². The van der Waals surface area contributed by atoms with Gasteiger partial charge in [-0.05, 0) is 42.7 Å². The monoisotopic (exact) mass is 411 g/mol. The molecule has 0 saturated carbocycles. The van der Waals surface area contributed by atoms with Gasteiger partial charge in [-0.1, -0.05) is 15.9 Å². The summed E-state index contributed by atoms with van der Waals surface area (Å²) in [4.78, 5) is 10.3. The Balaban J connectivity index is 2.06. The largest absolute Gasteiger partial charge is 0.496 e. The van der Waals surface area contributed by atoms with Crippen molar-refractivity contribution in [2.75, 3.05) is 7.11 Å². The van der Waals surface area contributed by atoms with Gasteiger partial charge in [0.1, 0.15) is 5.75 Å². The number of hydrogen-bond acceptors (Lipinski definition) is 5. The summed E-state index contributed by atoms with van der Waals surface area (Å²) < 4.78 is 32.2. The van der Waals surface area contributed by atoms with Gasteiger partial charge in [0.25, 0.3) is 5.69 Å². The summed E-state index contributed by atoms with van der Waals surface area (Å²) in [7, 11) is -2.15. The number of hydrogen-bond donors (Lipinski definition) is 0. The van der Waals surface area contributed by atoms with Crippen molar-refractivity contribution in [1.82, 2.24) is 0 Å². The fourth-order valence-corrected chi connectivity index (χ4v) is 5.39. The number of ether oxygens (including phenoxy) is 1. The molecule has 126 valence electrons. The van der Waals surface area contributed by atoms with Gasteiger partial charge in [0.05, 0.1) is 22.2 Å². The molecule has 0 fully saturated rings. The molecule has 3 rings (SSSR count). The highest BCUT2D eigenvalue weighted by molar-refractivity contribution is 9.10. The maximum atomic E-state index is 13.0. The van der Waals surface area contributed by atoms with E-state index in [1.807, 2.05) is 6.07 Å². The molecule has 0 aromatic heterocycles. The van der Waals surface area contributed by atoms with E-state index >= 15 is 0 Å². The number of fused-ring (bicyclic) bond motifs is 1. The Hall–Kier alpha value is -1.93. The van der Waals surface area contributed by atoms with Crippen LogP contribution in [0.5, 0.6) is 5.75 Å². The van der Waals surface area contributed by atoms with E-state index in [9.17, 15) is 18.5 Å². The fraction of sp³-hybridized carbons (Fsp3) is 0.250. The molecule has 1 aliphatic rings. The van der Waals surface area contributed by atoms with Gasteiger partial charge in [-0.3, -0.25) is 10.1 Å². The minimum atomic E-state index is -3.66. The first kappa shape index (κ1) is 16.9. The van der Waals surface area contributed by atoms with E-state index in [4.69, 9.17) is 4.74 Å². The van der Waals surface area contributed by atoms with Crippen LogP contribution in [0.15, 0.2) is 45.8 Å². The molecule has 0 radical (unpaired) electrons. The first-order valence-electron chi connectivity index (χ1n) is 7.19. The van der Waals surface area contributed by atoms with Crippen molar-refractivity contribution in [3.8, 4) is 5.75 Å². The van der Waals surface area contributed by atoms with E-state index in [1.165, 1.54) is 31.4 Å². The number of aryl methyl sites for hydroxylation is 1. The maximum absolute atomic E-state index is 13.0. The number of halogens is 1. The third-order valence-corrected chi connectivity index (χ3v) is 6.77. The second-order valence-electron chi connectivity index (χ2n) is 5.50. The number of benzene rings is 2. The van der Waals surface area contributed by atoms with Crippen molar-refractivity contribution in [3.05, 3.63) is 62.1 Å². The van der Waals surface area contributed by atoms with Crippen LogP contribution in [0.4, 0.5) is 5.69 Å². The number of nitro benzene ring substituents is 1. The molecular formula is C16H14BrNO5S. The molecule has 0 N–H and O–H groups in total. The number of sulfone groups is 1. The van der Waals surface area contributed by atoms with Crippen LogP contribution in [0.1, 0.15) is 22.8 Å². The van der Waals surface area contributed by atoms with Crippen LogP contribution in [0.2, 0.25) is 0 Å². The van der Waals surface area contributed by atoms with Crippen molar-refractivity contribution in [2.45, 2.75) is 23.0 Å². The van der Waals surface area contributed by atoms with Crippen LogP contribution in [0.3, 0.4) is 0 Å². The molecule has 0 saturated heterocycles. The molecule has 2 aromatic carbocycles. The first-order valence-corrected chi connectivity index (χ1v) is 9.53. The smallest absolute Gasteiger partial charge is 0.269 e. The summed E-state index contributed by atoms with van der Waals surface area (Å²) in [5.74, 6) is 0.535. The lowest BCUT2D eigenvalue weighted by atomic mass is 10.1. The predicted molar refractivity (Wildman–Crippen MR) is 92.0 cm³/mol. The zero-order valence-electron chi connectivity index (χ0n) is 12.7. The van der Waals surface area contributed by atoms with Gasteiger partial charge in [-0.25, -0.2) is 8.42 Å². The van der Waals surface area contributed by atoms with Gasteiger partial charge in [0.15, 0.2) is 9.84 Å². The van der Waals surface area contributed by atoms with Crippen LogP contribution < -0.4 is 4.74 Å². The number of methoxy groups -OCH3 is 1. The third kappa shape index (κ3) is 2.80. The van der Waals surface area contributed by atoms with Crippen molar-refractivity contribution >= 4 is 31.5 Å². The molecule has 24 heavy (non-hydrogen) atoms. The summed E-state index contributed by atoms with van der Waals surface area (Å²) >= 11 is 3.40. The number of rotatable bonds is 4. The standard InChI is InChI=1S/C16H14BrNO5S/c1-23-14-9-11(17)8-10-2-7-15(16(10)14)24(21,22)13-5-3-12(4-6-13)18(19)20/h3-6,8-9,15H,2,7H2,1H3. The molecule has 6 nitrogen and oxygen atoms in total. The van der Waals surface area contributed by atoms with Crippen molar-refractivity contribution in [1.29, 1.82) is 0 Å². The first-order chi connectivity index (χ1) is 11.3. The Morgan fingerprint density at radius 2 is 1.92 bits per heavy atom. The molecular weight excluding hydrogens is 398 g/mol. The van der Waals surface area contributed by atoms with E-state index < -0.39 is 20.0 Å². The molecule has 0 amide bonds. The van der Waals surface area contributed by atoms with Gasteiger partial charge >= 0.3 is 0 Å². The average molecular weight is 412 g/mol. The normalized spacial score (nSPS) is 16.7. The van der Waals surface area contributed by atoms with Gasteiger partial charge in [0.2, 0.25) is 0 Å². The highest BCUT2D eigenvalue weighted by Crippen LogP contribution is 2.46. The molecule has 0 spiro atoms. The van der Waals surface area contributed by atoms with Crippen LogP contribution in [0, 0.1) is 10.1 Å². The Kier molecular flexibility index (Phi) is 4.35. The second-order valence-corrected chi connectivity index (χ2v) is 8.55. The van der Waals surface area contributed by atoms with E-state index in [2.05, 4.69) is 15.9 Å². The molecule has 1 atom stereocenters. The Bertz CT molecular complexity index is 909. The lowest BCUT2D eigenvalue weighted by Crippen LogP contribution is -2.12. The lowest BCUT2D eigenvalue weighted by molar-refractivity contribution is -0.384. The minimum Gasteiger partial charge on any atom is -0.496 e. The summed E-state index contributed by atoms with van der Waals surface area (Å²) in [6.45, 7) is 0. The van der Waals surface area contributed by atoms with E-state index in [0.717, 1.165) is 10.0 Å². The summed E-state index contributed by atoms with van der Waals surface area (Å²) in [5, 5.41) is 10.0. The van der Waals surface area contributed by atoms with Crippen LogP contribution >= 0.6 is 15.9 Å². The van der Waals surface area contributed by atoms with Crippen molar-refractivity contribution in [3.63, 3.8) is 0 Å². The van der Waals surface area contributed by atoms with Crippen molar-refractivity contribution < 1.29 is 18.1 Å². The van der Waals surface area contributed by atoms with Crippen LogP contribution in [-0.4, -0.2) is 20.5 Å². The third-order valence-electron chi connectivity index (χ3n) is 4.16. The summed E-state index contributed by atoms with van der Waals surface area (Å²) in [5.41, 5.74) is 1.48. The van der Waals surface area contributed by atoms with Gasteiger partial charge in [-0.15, -0.1) is 0 Å². The SMILES string of the molecule is COc1cc(Br)cc2c1C(S(=O)(=O)c1ccc([N+](=O)[O-])cc1)CC2. The second kappa shape index (κ2) is 6.18. The lowest BCUT2D eigenvalue weighted by Gasteiger charge is -2.16. The quantitative estimate of drug-likeness (QED) is 0.563. The highest BCUT2D eigenvalue weighted by atomic mass is 79.9. The molecule has 0 aliphatic heterocycles. The fourth-order valence-electron chi connectivity index (χ4n) is 3.05. The Morgan fingerprint density at radius 3 is 2.50 bits per heavy atom. The molecule has 8 heteroatoms. The van der Waals surface area contributed by atoms with Crippen LogP contribution in [0.25, 0.3) is 0 Å². The number of nitro groups is 1. The Labute approximate surface area is 147 Å². The average Bonchev–Trinajstić information content (AvgIpc) is 2.98. The Morgan fingerprint density at radius 1 is 1.25 bits per heavy atom. The zero-order valence-corrected chi connectivity index (χ0v) is 15.1. The number of non-ortho nitro benzene ring substituents is 1. The molecule has 1 unspecified atom stereocenters. The topological polar surface area (TPSA) is 86.5 Å². The minimum absolute atomic E-state index is 0.0796. The zero-order chi connectivity index (χ0) is 17.5. The summed E-state index contributed by atoms with van der Waals surface area (Å²) in [6, 6.07) is 8.66. The van der Waals surface area contributed by atoms with Gasteiger partial charge < -0.3 is 4.74 Å². The van der Waals surface area contributed by atoms with E-state index in [1.54, 1.807) is 6.07 Å². The molecule has 0 bridgehead atoms. The highest BCUT2D eigenvalue weighted by Gasteiger charge is 2.37. The molecule has 0 heterocycles. The van der Waals surface area contributed by atoms with Crippen molar-refractivity contribution in [2.24, 2.45) is 0 Å². The number of nitrogens with zero attached hydrogens (tertiary/aromatic N) is 1. The van der Waals surface area contributed by atoms with E-state index in [-0.39, 0.29) is 10.6 Å². The molecule has 1 aliphatic carbocycles. The van der Waals surface area contributed by atoms with Crippen LogP contribution in [-0.2, 0) is 16.3 Å². The van der Waals surface area contributed by atoms with Gasteiger partial charge in [0, 0.05) is 22.2 Å². The predicted octanol–water partition coefficient (Wildman–Crippen LogP) is 3.83.